The Bertz CT molecular complexity index is 897. The maximum atomic E-state index is 13.7. The number of carbonyl (C=O) groups excluding carboxylic acids is 2. The maximum absolute atomic E-state index is 13.7. The molecule has 27 heavy (non-hydrogen) atoms. The lowest BCUT2D eigenvalue weighted by Crippen LogP contribution is -2.31. The number of nitrogens with one attached hydrogen (secondary N) is 1. The summed E-state index contributed by atoms with van der Waals surface area (Å²) in [5, 5.41) is 3.06. The molecule has 1 aliphatic rings. The van der Waals surface area contributed by atoms with E-state index in [-0.39, 0.29) is 5.75 Å². The van der Waals surface area contributed by atoms with Crippen LogP contribution in [0.3, 0.4) is 0 Å². The molecule has 0 radical (unpaired) electrons. The highest BCUT2D eigenvalue weighted by molar-refractivity contribution is 7.17. The number of hydrogen-bond donors (Lipinski definition) is 2. The van der Waals surface area contributed by atoms with Crippen LogP contribution < -0.4 is 15.8 Å². The maximum Gasteiger partial charge on any atom is 0.265 e. The van der Waals surface area contributed by atoms with Crippen LogP contribution in [0.15, 0.2) is 18.2 Å². The third-order valence-electron chi connectivity index (χ3n) is 4.56. The summed E-state index contributed by atoms with van der Waals surface area (Å²) in [4.78, 5) is 25.4. The summed E-state index contributed by atoms with van der Waals surface area (Å²) in [5.41, 5.74) is 6.77. The Kier molecular flexibility index (Phi) is 5.46. The van der Waals surface area contributed by atoms with Crippen LogP contribution in [0.2, 0.25) is 0 Å². The normalized spacial score (nSPS) is 17.1. The molecule has 8 heteroatoms. The van der Waals surface area contributed by atoms with Crippen molar-refractivity contribution < 1.29 is 23.1 Å². The quantitative estimate of drug-likeness (QED) is 0.812. The van der Waals surface area contributed by atoms with E-state index in [1.165, 1.54) is 18.3 Å². The fraction of sp³-hybridized carbons (Fsp3) is 0.368. The molecule has 0 saturated heterocycles. The predicted molar refractivity (Wildman–Crippen MR) is 99.1 cm³/mol. The fourth-order valence-electron chi connectivity index (χ4n) is 3.13. The summed E-state index contributed by atoms with van der Waals surface area (Å²) in [6.07, 6.45) is 1.49. The molecule has 5 nitrogen and oxygen atoms in total. The van der Waals surface area contributed by atoms with Gasteiger partial charge in [-0.05, 0) is 49.8 Å². The van der Waals surface area contributed by atoms with E-state index in [0.717, 1.165) is 41.8 Å². The SMILES string of the molecule is C[C@@H]1CCc2c(sc(NC(=O)[C@@H](C)Oc3ccc(F)cc3F)c2C(N)=O)C1. The van der Waals surface area contributed by atoms with Crippen molar-refractivity contribution >= 4 is 28.2 Å². The molecule has 0 spiro atoms. The van der Waals surface area contributed by atoms with Gasteiger partial charge in [0.25, 0.3) is 11.8 Å². The van der Waals surface area contributed by atoms with E-state index < -0.39 is 29.6 Å². The molecule has 1 heterocycles. The number of fused-ring (bicyclic) bond motifs is 1. The molecule has 1 aliphatic carbocycles. The minimum Gasteiger partial charge on any atom is -0.478 e. The number of anilines is 1. The van der Waals surface area contributed by atoms with E-state index in [1.54, 1.807) is 0 Å². The second-order valence-electron chi connectivity index (χ2n) is 6.74. The number of benzene rings is 1. The molecule has 144 valence electrons. The topological polar surface area (TPSA) is 81.4 Å². The zero-order valence-corrected chi connectivity index (χ0v) is 15.8. The monoisotopic (exact) mass is 394 g/mol. The van der Waals surface area contributed by atoms with Crippen molar-refractivity contribution in [3.8, 4) is 5.75 Å². The first kappa shape index (κ1) is 19.3. The Morgan fingerprint density at radius 1 is 1.37 bits per heavy atom. The lowest BCUT2D eigenvalue weighted by molar-refractivity contribution is -0.122. The van der Waals surface area contributed by atoms with Gasteiger partial charge in [-0.3, -0.25) is 9.59 Å². The predicted octanol–water partition coefficient (Wildman–Crippen LogP) is 3.66. The van der Waals surface area contributed by atoms with Gasteiger partial charge < -0.3 is 15.8 Å². The van der Waals surface area contributed by atoms with Crippen LogP contribution in [0, 0.1) is 17.6 Å². The first-order chi connectivity index (χ1) is 12.8. The highest BCUT2D eigenvalue weighted by Crippen LogP contribution is 2.39. The average molecular weight is 394 g/mol. The lowest BCUT2D eigenvalue weighted by atomic mass is 9.88. The molecule has 0 unspecified atom stereocenters. The van der Waals surface area contributed by atoms with Crippen molar-refractivity contribution in [2.75, 3.05) is 5.32 Å². The zero-order valence-electron chi connectivity index (χ0n) is 15.0. The van der Waals surface area contributed by atoms with Gasteiger partial charge in [-0.25, -0.2) is 8.78 Å². The summed E-state index contributed by atoms with van der Waals surface area (Å²) in [5.74, 6) is -2.49. The zero-order chi connectivity index (χ0) is 19.7. The van der Waals surface area contributed by atoms with Gasteiger partial charge in [-0.1, -0.05) is 6.92 Å². The van der Waals surface area contributed by atoms with Gasteiger partial charge in [-0.2, -0.15) is 0 Å². The largest absolute Gasteiger partial charge is 0.478 e. The van der Waals surface area contributed by atoms with E-state index in [1.807, 2.05) is 0 Å². The molecule has 3 rings (SSSR count). The Morgan fingerprint density at radius 3 is 2.78 bits per heavy atom. The molecule has 3 N–H and O–H groups in total. The molecule has 0 saturated carbocycles. The van der Waals surface area contributed by atoms with E-state index in [9.17, 15) is 18.4 Å². The molecule has 2 amide bonds. The Labute approximate surface area is 159 Å². The number of primary amides is 1. The van der Waals surface area contributed by atoms with E-state index in [4.69, 9.17) is 10.5 Å². The highest BCUT2D eigenvalue weighted by Gasteiger charge is 2.28. The van der Waals surface area contributed by atoms with Crippen LogP contribution in [-0.4, -0.2) is 17.9 Å². The Morgan fingerprint density at radius 2 is 2.11 bits per heavy atom. The number of halogens is 2. The summed E-state index contributed by atoms with van der Waals surface area (Å²) < 4.78 is 32.0. The molecule has 2 atom stereocenters. The summed E-state index contributed by atoms with van der Waals surface area (Å²) in [6.45, 7) is 3.58. The van der Waals surface area contributed by atoms with Gasteiger partial charge in [0.15, 0.2) is 17.7 Å². The van der Waals surface area contributed by atoms with Crippen molar-refractivity contribution in [3.63, 3.8) is 0 Å². The number of ether oxygens (including phenoxy) is 1. The van der Waals surface area contributed by atoms with Crippen molar-refractivity contribution in [3.05, 3.63) is 45.8 Å². The first-order valence-corrected chi connectivity index (χ1v) is 9.44. The number of carbonyl (C=O) groups is 2. The van der Waals surface area contributed by atoms with E-state index >= 15 is 0 Å². The van der Waals surface area contributed by atoms with Crippen molar-refractivity contribution in [2.24, 2.45) is 11.7 Å². The number of hydrogen-bond acceptors (Lipinski definition) is 4. The van der Waals surface area contributed by atoms with Gasteiger partial charge in [-0.15, -0.1) is 11.3 Å². The second-order valence-corrected chi connectivity index (χ2v) is 7.85. The summed E-state index contributed by atoms with van der Waals surface area (Å²) >= 11 is 1.34. The molecule has 0 aliphatic heterocycles. The van der Waals surface area contributed by atoms with E-state index in [0.29, 0.717) is 22.5 Å². The van der Waals surface area contributed by atoms with Gasteiger partial charge in [0.1, 0.15) is 10.8 Å². The van der Waals surface area contributed by atoms with Gasteiger partial charge in [0, 0.05) is 10.9 Å². The average Bonchev–Trinajstić information content (AvgIpc) is 2.94. The number of thiophene rings is 1. The van der Waals surface area contributed by atoms with Crippen LogP contribution in [-0.2, 0) is 17.6 Å². The Balaban J connectivity index is 1.78. The minimum atomic E-state index is -1.05. The molecular weight excluding hydrogens is 374 g/mol. The summed E-state index contributed by atoms with van der Waals surface area (Å²) in [7, 11) is 0. The minimum absolute atomic E-state index is 0.228. The molecular formula is C19H20F2N2O3S. The van der Waals surface area contributed by atoms with Crippen LogP contribution in [0.1, 0.15) is 41.1 Å². The lowest BCUT2D eigenvalue weighted by Gasteiger charge is -2.18. The molecule has 1 aromatic heterocycles. The third-order valence-corrected chi connectivity index (χ3v) is 5.73. The second kappa shape index (κ2) is 7.64. The molecule has 1 aromatic carbocycles. The van der Waals surface area contributed by atoms with Crippen molar-refractivity contribution in [2.45, 2.75) is 39.2 Å². The van der Waals surface area contributed by atoms with Gasteiger partial charge >= 0.3 is 0 Å². The number of rotatable bonds is 5. The van der Waals surface area contributed by atoms with Crippen LogP contribution in [0.5, 0.6) is 5.75 Å². The molecule has 0 bridgehead atoms. The van der Waals surface area contributed by atoms with Gasteiger partial charge in [0.2, 0.25) is 0 Å². The highest BCUT2D eigenvalue weighted by atomic mass is 32.1. The first-order valence-electron chi connectivity index (χ1n) is 8.63. The van der Waals surface area contributed by atoms with Crippen LogP contribution >= 0.6 is 11.3 Å². The van der Waals surface area contributed by atoms with E-state index in [2.05, 4.69) is 12.2 Å². The van der Waals surface area contributed by atoms with Crippen molar-refractivity contribution in [1.82, 2.24) is 0 Å². The summed E-state index contributed by atoms with van der Waals surface area (Å²) in [6, 6.07) is 2.84. The van der Waals surface area contributed by atoms with Crippen LogP contribution in [0.4, 0.5) is 13.8 Å². The van der Waals surface area contributed by atoms with Crippen LogP contribution in [0.25, 0.3) is 0 Å². The number of amides is 2. The standard InChI is InChI=1S/C19H20F2N2O3S/c1-9-3-5-12-15(7-9)27-19(16(12)17(22)24)23-18(25)10(2)26-14-6-4-11(20)8-13(14)21/h4,6,8-10H,3,5,7H2,1-2H3,(H2,22,24)(H,23,25)/t9-,10-/m1/s1. The Hall–Kier alpha value is -2.48. The third kappa shape index (κ3) is 4.10. The van der Waals surface area contributed by atoms with Gasteiger partial charge in [0.05, 0.1) is 5.56 Å². The molecule has 0 fully saturated rings. The smallest absolute Gasteiger partial charge is 0.265 e. The molecule has 2 aromatic rings. The fourth-order valence-corrected chi connectivity index (χ4v) is 4.55. The van der Waals surface area contributed by atoms with Crippen molar-refractivity contribution in [1.29, 1.82) is 0 Å². The number of nitrogens with two attached hydrogens (primary N) is 1.